The van der Waals surface area contributed by atoms with E-state index < -0.39 is 0 Å². The molecule has 1 aromatic heterocycles. The fourth-order valence-electron chi connectivity index (χ4n) is 2.10. The number of anilines is 1. The predicted octanol–water partition coefficient (Wildman–Crippen LogP) is 1.79. The van der Waals surface area contributed by atoms with Gasteiger partial charge in [-0.1, -0.05) is 0 Å². The molecule has 2 rings (SSSR count). The largest absolute Gasteiger partial charge is 0.481 e. The first-order chi connectivity index (χ1) is 8.26. The third kappa shape index (κ3) is 2.43. The van der Waals surface area contributed by atoms with Crippen LogP contribution in [-0.2, 0) is 0 Å². The number of hydrogen-bond donors (Lipinski definition) is 0. The molecule has 1 aromatic rings. The summed E-state index contributed by atoms with van der Waals surface area (Å²) in [5, 5.41) is 0. The minimum atomic E-state index is 0.595. The molecule has 17 heavy (non-hydrogen) atoms. The second kappa shape index (κ2) is 5.21. The van der Waals surface area contributed by atoms with Crippen LogP contribution < -0.4 is 14.4 Å². The van der Waals surface area contributed by atoms with E-state index in [9.17, 15) is 0 Å². The second-order valence-corrected chi connectivity index (χ2v) is 4.21. The van der Waals surface area contributed by atoms with Gasteiger partial charge in [-0.2, -0.15) is 9.97 Å². The lowest BCUT2D eigenvalue weighted by Crippen LogP contribution is -2.31. The fourth-order valence-corrected chi connectivity index (χ4v) is 2.10. The van der Waals surface area contributed by atoms with Gasteiger partial charge in [-0.15, -0.1) is 0 Å². The zero-order valence-electron chi connectivity index (χ0n) is 10.7. The van der Waals surface area contributed by atoms with Gasteiger partial charge in [0.25, 0.3) is 0 Å². The maximum atomic E-state index is 5.26. The molecule has 0 amide bonds. The first kappa shape index (κ1) is 12.0. The summed E-state index contributed by atoms with van der Waals surface area (Å²) in [5.41, 5.74) is 0.843. The Morgan fingerprint density at radius 2 is 1.47 bits per heavy atom. The summed E-state index contributed by atoms with van der Waals surface area (Å²) in [6.45, 7) is 3.92. The number of aromatic nitrogens is 2. The first-order valence-electron chi connectivity index (χ1n) is 5.98. The van der Waals surface area contributed by atoms with Gasteiger partial charge in [0.05, 0.1) is 19.8 Å². The number of methoxy groups -OCH3 is 2. The molecule has 0 N–H and O–H groups in total. The van der Waals surface area contributed by atoms with E-state index in [0.29, 0.717) is 17.7 Å². The lowest BCUT2D eigenvalue weighted by molar-refractivity contribution is 0.365. The summed E-state index contributed by atoms with van der Waals surface area (Å²) in [5.74, 6) is 1.90. The summed E-state index contributed by atoms with van der Waals surface area (Å²) in [4.78, 5) is 11.1. The van der Waals surface area contributed by atoms with Gasteiger partial charge in [-0.25, -0.2) is 0 Å². The smallest absolute Gasteiger partial charge is 0.231 e. The van der Waals surface area contributed by atoms with Gasteiger partial charge in [0.2, 0.25) is 17.7 Å². The lowest BCUT2D eigenvalue weighted by atomic mass is 10.1. The number of nitrogens with zero attached hydrogens (tertiary/aromatic N) is 3. The normalized spacial score (nSPS) is 15.8. The molecule has 1 fully saturated rings. The second-order valence-electron chi connectivity index (χ2n) is 4.21. The molecule has 5 heteroatoms. The molecule has 1 aliphatic heterocycles. The fraction of sp³-hybridized carbons (Fsp3) is 0.667. The van der Waals surface area contributed by atoms with Crippen molar-refractivity contribution in [3.8, 4) is 11.8 Å². The molecule has 0 radical (unpaired) electrons. The van der Waals surface area contributed by atoms with Crippen molar-refractivity contribution in [1.82, 2.24) is 9.97 Å². The zero-order chi connectivity index (χ0) is 12.3. The van der Waals surface area contributed by atoms with Crippen LogP contribution in [0.15, 0.2) is 0 Å². The van der Waals surface area contributed by atoms with Crippen LogP contribution in [0.25, 0.3) is 0 Å². The quantitative estimate of drug-likeness (QED) is 0.802. The number of hydrogen-bond acceptors (Lipinski definition) is 5. The van der Waals surface area contributed by atoms with Crippen LogP contribution in [0.2, 0.25) is 0 Å². The maximum absolute atomic E-state index is 5.26. The minimum absolute atomic E-state index is 0.595. The van der Waals surface area contributed by atoms with Gasteiger partial charge < -0.3 is 14.4 Å². The molecule has 0 spiro atoms. The highest BCUT2D eigenvalue weighted by molar-refractivity contribution is 5.42. The minimum Gasteiger partial charge on any atom is -0.481 e. The van der Waals surface area contributed by atoms with E-state index in [-0.39, 0.29) is 0 Å². The highest BCUT2D eigenvalue weighted by Gasteiger charge is 2.18. The average molecular weight is 237 g/mol. The summed E-state index contributed by atoms with van der Waals surface area (Å²) in [6, 6.07) is 0. The Balaban J connectivity index is 2.33. The van der Waals surface area contributed by atoms with Gasteiger partial charge in [-0.05, 0) is 26.2 Å². The Morgan fingerprint density at radius 1 is 0.941 bits per heavy atom. The van der Waals surface area contributed by atoms with E-state index in [4.69, 9.17) is 9.47 Å². The number of ether oxygens (including phenoxy) is 2. The average Bonchev–Trinajstić information content (AvgIpc) is 2.40. The van der Waals surface area contributed by atoms with E-state index in [1.165, 1.54) is 19.3 Å². The van der Waals surface area contributed by atoms with Crippen molar-refractivity contribution in [2.24, 2.45) is 0 Å². The van der Waals surface area contributed by atoms with Crippen LogP contribution >= 0.6 is 0 Å². The molecule has 0 unspecified atom stereocenters. The monoisotopic (exact) mass is 237 g/mol. The van der Waals surface area contributed by atoms with Crippen LogP contribution in [0, 0.1) is 6.92 Å². The third-order valence-electron chi connectivity index (χ3n) is 3.07. The molecule has 5 nitrogen and oxygen atoms in total. The predicted molar refractivity (Wildman–Crippen MR) is 65.9 cm³/mol. The Morgan fingerprint density at radius 3 is 1.94 bits per heavy atom. The Labute approximate surface area is 102 Å². The van der Waals surface area contributed by atoms with Crippen LogP contribution in [0.3, 0.4) is 0 Å². The van der Waals surface area contributed by atoms with Crippen LogP contribution in [0.4, 0.5) is 5.95 Å². The molecule has 94 valence electrons. The van der Waals surface area contributed by atoms with Crippen LogP contribution in [0.5, 0.6) is 11.8 Å². The van der Waals surface area contributed by atoms with Crippen LogP contribution in [0.1, 0.15) is 24.8 Å². The van der Waals surface area contributed by atoms with Crippen molar-refractivity contribution in [1.29, 1.82) is 0 Å². The van der Waals surface area contributed by atoms with Crippen molar-refractivity contribution in [3.63, 3.8) is 0 Å². The molecule has 0 saturated carbocycles. The van der Waals surface area contributed by atoms with Crippen molar-refractivity contribution in [2.75, 3.05) is 32.2 Å². The van der Waals surface area contributed by atoms with Crippen molar-refractivity contribution >= 4 is 5.95 Å². The standard InChI is InChI=1S/C12H19N3O2/c1-9-10(16-2)13-12(14-11(9)17-3)15-7-5-4-6-8-15/h4-8H2,1-3H3. The van der Waals surface area contributed by atoms with E-state index in [0.717, 1.165) is 18.7 Å². The highest BCUT2D eigenvalue weighted by Crippen LogP contribution is 2.27. The van der Waals surface area contributed by atoms with Gasteiger partial charge in [0.15, 0.2) is 0 Å². The van der Waals surface area contributed by atoms with Crippen molar-refractivity contribution < 1.29 is 9.47 Å². The molecule has 0 atom stereocenters. The summed E-state index contributed by atoms with van der Waals surface area (Å²) >= 11 is 0. The molecule has 1 aliphatic rings. The topological polar surface area (TPSA) is 47.5 Å². The summed E-state index contributed by atoms with van der Waals surface area (Å²) in [7, 11) is 3.24. The molecule has 1 saturated heterocycles. The molecule has 2 heterocycles. The van der Waals surface area contributed by atoms with Gasteiger partial charge >= 0.3 is 0 Å². The van der Waals surface area contributed by atoms with E-state index in [2.05, 4.69) is 14.9 Å². The number of piperidine rings is 1. The Kier molecular flexibility index (Phi) is 3.66. The van der Waals surface area contributed by atoms with E-state index in [1.807, 2.05) is 6.92 Å². The summed E-state index contributed by atoms with van der Waals surface area (Å²) < 4.78 is 10.5. The van der Waals surface area contributed by atoms with Crippen molar-refractivity contribution in [3.05, 3.63) is 5.56 Å². The molecule has 0 aromatic carbocycles. The third-order valence-corrected chi connectivity index (χ3v) is 3.07. The molecular weight excluding hydrogens is 218 g/mol. The maximum Gasteiger partial charge on any atom is 0.231 e. The Hall–Kier alpha value is -1.52. The molecule has 0 bridgehead atoms. The van der Waals surface area contributed by atoms with Gasteiger partial charge in [-0.3, -0.25) is 0 Å². The molecular formula is C12H19N3O2. The molecule has 0 aliphatic carbocycles. The first-order valence-corrected chi connectivity index (χ1v) is 5.98. The SMILES string of the molecule is COc1nc(N2CCCCC2)nc(OC)c1C. The van der Waals surface area contributed by atoms with Gasteiger partial charge in [0.1, 0.15) is 0 Å². The van der Waals surface area contributed by atoms with Gasteiger partial charge in [0, 0.05) is 13.1 Å². The lowest BCUT2D eigenvalue weighted by Gasteiger charge is -2.27. The van der Waals surface area contributed by atoms with Crippen molar-refractivity contribution in [2.45, 2.75) is 26.2 Å². The number of rotatable bonds is 3. The van der Waals surface area contributed by atoms with E-state index in [1.54, 1.807) is 14.2 Å². The summed E-state index contributed by atoms with van der Waals surface area (Å²) in [6.07, 6.45) is 3.68. The van der Waals surface area contributed by atoms with E-state index >= 15 is 0 Å². The highest BCUT2D eigenvalue weighted by atomic mass is 16.5. The van der Waals surface area contributed by atoms with Crippen LogP contribution in [-0.4, -0.2) is 37.3 Å². The zero-order valence-corrected chi connectivity index (χ0v) is 10.7. The Bertz CT molecular complexity index is 364.